The molecule has 0 aromatic carbocycles. The highest BCUT2D eigenvalue weighted by Gasteiger charge is 2.58. The van der Waals surface area contributed by atoms with Crippen LogP contribution in [-0.2, 0) is 4.79 Å². The Morgan fingerprint density at radius 2 is 2.13 bits per heavy atom. The van der Waals surface area contributed by atoms with Crippen LogP contribution in [0.2, 0.25) is 0 Å². The molecule has 1 fully saturated rings. The first-order valence-corrected chi connectivity index (χ1v) is 4.52. The maximum absolute atomic E-state index is 12.6. The molecule has 3 N–H and O–H groups in total. The van der Waals surface area contributed by atoms with Crippen LogP contribution in [0.1, 0.15) is 6.42 Å². The zero-order valence-corrected chi connectivity index (χ0v) is 8.05. The molecule has 0 aliphatic carbocycles. The van der Waals surface area contributed by atoms with Gasteiger partial charge in [0.2, 0.25) is 5.91 Å². The number of carbonyl (C=O) groups is 1. The Bertz CT molecular complexity index is 257. The lowest BCUT2D eigenvalue weighted by atomic mass is 9.87. The summed E-state index contributed by atoms with van der Waals surface area (Å²) >= 11 is 0. The second-order valence-corrected chi connectivity index (χ2v) is 3.71. The fourth-order valence-electron chi connectivity index (χ4n) is 1.66. The van der Waals surface area contributed by atoms with Crippen LogP contribution in [0.25, 0.3) is 0 Å². The van der Waals surface area contributed by atoms with Gasteiger partial charge in [0.05, 0.1) is 13.2 Å². The normalized spacial score (nSPS) is 27.1. The molecule has 88 valence electrons. The summed E-state index contributed by atoms with van der Waals surface area (Å²) < 4.78 is 37.9. The highest BCUT2D eigenvalue weighted by molar-refractivity contribution is 5.78. The molecule has 0 spiro atoms. The highest BCUT2D eigenvalue weighted by atomic mass is 19.4. The minimum atomic E-state index is -4.49. The third-order valence-electron chi connectivity index (χ3n) is 2.79. The number of hydrogen-bond acceptors (Lipinski definition) is 3. The van der Waals surface area contributed by atoms with Gasteiger partial charge in [-0.05, 0) is 6.42 Å². The molecule has 0 saturated carbocycles. The fourth-order valence-corrected chi connectivity index (χ4v) is 1.66. The summed E-state index contributed by atoms with van der Waals surface area (Å²) in [7, 11) is 0. The topological polar surface area (TPSA) is 66.6 Å². The predicted molar refractivity (Wildman–Crippen MR) is 45.8 cm³/mol. The number of alkyl halides is 3. The van der Waals surface area contributed by atoms with Crippen LogP contribution in [0.4, 0.5) is 13.2 Å². The summed E-state index contributed by atoms with van der Waals surface area (Å²) in [6.45, 7) is -1.80. The van der Waals surface area contributed by atoms with E-state index >= 15 is 0 Å². The first-order valence-electron chi connectivity index (χ1n) is 4.52. The van der Waals surface area contributed by atoms with E-state index in [1.165, 1.54) is 0 Å². The van der Waals surface area contributed by atoms with E-state index in [4.69, 9.17) is 10.8 Å². The van der Waals surface area contributed by atoms with E-state index in [0.717, 1.165) is 4.90 Å². The standard InChI is InChI=1S/C8H13F3N2O2/c9-8(10,11)7(5-14)1-2-13(4-7)6(15)3-12/h14H,1-5,12H2/t7-/m0/s1. The van der Waals surface area contributed by atoms with Gasteiger partial charge in [-0.15, -0.1) is 0 Å². The summed E-state index contributed by atoms with van der Waals surface area (Å²) in [6, 6.07) is 0. The van der Waals surface area contributed by atoms with E-state index in [1.54, 1.807) is 0 Å². The number of rotatable bonds is 2. The molecule has 1 rings (SSSR count). The Balaban J connectivity index is 2.78. The van der Waals surface area contributed by atoms with Gasteiger partial charge in [0.25, 0.3) is 0 Å². The van der Waals surface area contributed by atoms with E-state index in [-0.39, 0.29) is 19.5 Å². The summed E-state index contributed by atoms with van der Waals surface area (Å²) in [5.74, 6) is -0.519. The van der Waals surface area contributed by atoms with Gasteiger partial charge in [0.1, 0.15) is 5.41 Å². The maximum Gasteiger partial charge on any atom is 0.398 e. The average Bonchev–Trinajstić information content (AvgIpc) is 2.61. The van der Waals surface area contributed by atoms with Crippen LogP contribution >= 0.6 is 0 Å². The lowest BCUT2D eigenvalue weighted by Crippen LogP contribution is -2.45. The van der Waals surface area contributed by atoms with Crippen molar-refractivity contribution in [1.82, 2.24) is 4.90 Å². The Labute approximate surface area is 84.8 Å². The number of likely N-dealkylation sites (tertiary alicyclic amines) is 1. The molecule has 0 unspecified atom stereocenters. The molecular formula is C8H13F3N2O2. The molecule has 7 heteroatoms. The second kappa shape index (κ2) is 3.97. The molecule has 1 heterocycles. The maximum atomic E-state index is 12.6. The third-order valence-corrected chi connectivity index (χ3v) is 2.79. The van der Waals surface area contributed by atoms with Crippen LogP contribution in [0, 0.1) is 5.41 Å². The number of carbonyl (C=O) groups excluding carboxylic acids is 1. The first-order chi connectivity index (χ1) is 6.86. The van der Waals surface area contributed by atoms with Crippen LogP contribution in [-0.4, -0.2) is 48.3 Å². The Hall–Kier alpha value is -0.820. The van der Waals surface area contributed by atoms with Crippen molar-refractivity contribution in [3.63, 3.8) is 0 Å². The number of amides is 1. The van der Waals surface area contributed by atoms with Crippen LogP contribution in [0.15, 0.2) is 0 Å². The Morgan fingerprint density at radius 1 is 1.53 bits per heavy atom. The summed E-state index contributed by atoms with van der Waals surface area (Å²) in [5.41, 5.74) is 2.89. The number of aliphatic hydroxyl groups is 1. The molecule has 1 aliphatic heterocycles. The lowest BCUT2D eigenvalue weighted by Gasteiger charge is -2.29. The van der Waals surface area contributed by atoms with Crippen molar-refractivity contribution in [2.45, 2.75) is 12.6 Å². The molecular weight excluding hydrogens is 213 g/mol. The van der Waals surface area contributed by atoms with Crippen molar-refractivity contribution < 1.29 is 23.1 Å². The van der Waals surface area contributed by atoms with Crippen molar-refractivity contribution >= 4 is 5.91 Å². The van der Waals surface area contributed by atoms with Gasteiger partial charge in [-0.3, -0.25) is 4.79 Å². The van der Waals surface area contributed by atoms with E-state index in [1.807, 2.05) is 0 Å². The molecule has 1 amide bonds. The van der Waals surface area contributed by atoms with Gasteiger partial charge < -0.3 is 15.7 Å². The van der Waals surface area contributed by atoms with Crippen LogP contribution < -0.4 is 5.73 Å². The van der Waals surface area contributed by atoms with Crippen molar-refractivity contribution in [2.24, 2.45) is 11.1 Å². The summed E-state index contributed by atoms with van der Waals surface area (Å²) in [4.78, 5) is 12.1. The van der Waals surface area contributed by atoms with Crippen molar-refractivity contribution in [2.75, 3.05) is 26.2 Å². The zero-order chi connectivity index (χ0) is 11.7. The Morgan fingerprint density at radius 3 is 2.47 bits per heavy atom. The van der Waals surface area contributed by atoms with Gasteiger partial charge >= 0.3 is 6.18 Å². The molecule has 0 bridgehead atoms. The van der Waals surface area contributed by atoms with Crippen molar-refractivity contribution in [3.05, 3.63) is 0 Å². The average molecular weight is 226 g/mol. The van der Waals surface area contributed by atoms with E-state index in [2.05, 4.69) is 0 Å². The molecule has 1 saturated heterocycles. The van der Waals surface area contributed by atoms with E-state index < -0.39 is 30.7 Å². The molecule has 1 aliphatic rings. The first kappa shape index (κ1) is 12.3. The lowest BCUT2D eigenvalue weighted by molar-refractivity contribution is -0.230. The van der Waals surface area contributed by atoms with E-state index in [0.29, 0.717) is 0 Å². The van der Waals surface area contributed by atoms with E-state index in [9.17, 15) is 18.0 Å². The minimum absolute atomic E-state index is 0.00387. The molecule has 4 nitrogen and oxygen atoms in total. The monoisotopic (exact) mass is 226 g/mol. The zero-order valence-electron chi connectivity index (χ0n) is 8.05. The van der Waals surface area contributed by atoms with Gasteiger partial charge in [-0.1, -0.05) is 0 Å². The highest BCUT2D eigenvalue weighted by Crippen LogP contribution is 2.44. The number of nitrogens with zero attached hydrogens (tertiary/aromatic N) is 1. The number of aliphatic hydroxyl groups excluding tert-OH is 1. The Kier molecular flexibility index (Phi) is 3.25. The van der Waals surface area contributed by atoms with Crippen LogP contribution in [0.3, 0.4) is 0 Å². The molecule has 1 atom stereocenters. The number of hydrogen-bond donors (Lipinski definition) is 2. The SMILES string of the molecule is NCC(=O)N1CC[C@](CO)(C(F)(F)F)C1. The smallest absolute Gasteiger partial charge is 0.395 e. The molecule has 0 aromatic heterocycles. The minimum Gasteiger partial charge on any atom is -0.395 e. The predicted octanol–water partition coefficient (Wildman–Crippen LogP) is -0.282. The van der Waals surface area contributed by atoms with Crippen molar-refractivity contribution in [3.8, 4) is 0 Å². The summed E-state index contributed by atoms with van der Waals surface area (Å²) in [5, 5.41) is 8.84. The fraction of sp³-hybridized carbons (Fsp3) is 0.875. The second-order valence-electron chi connectivity index (χ2n) is 3.71. The molecule has 15 heavy (non-hydrogen) atoms. The van der Waals surface area contributed by atoms with Crippen LogP contribution in [0.5, 0.6) is 0 Å². The third kappa shape index (κ3) is 2.07. The number of nitrogens with two attached hydrogens (primary N) is 1. The van der Waals surface area contributed by atoms with Gasteiger partial charge in [-0.25, -0.2) is 0 Å². The quantitative estimate of drug-likeness (QED) is 0.680. The van der Waals surface area contributed by atoms with Gasteiger partial charge in [0, 0.05) is 13.1 Å². The summed E-state index contributed by atoms with van der Waals surface area (Å²) in [6.07, 6.45) is -4.76. The number of halogens is 3. The molecule has 0 aromatic rings. The van der Waals surface area contributed by atoms with Gasteiger partial charge in [0.15, 0.2) is 0 Å². The van der Waals surface area contributed by atoms with Crippen molar-refractivity contribution in [1.29, 1.82) is 0 Å². The van der Waals surface area contributed by atoms with Gasteiger partial charge in [-0.2, -0.15) is 13.2 Å². The molecule has 0 radical (unpaired) electrons. The largest absolute Gasteiger partial charge is 0.398 e.